The Morgan fingerprint density at radius 3 is 2.44 bits per heavy atom. The maximum Gasteiger partial charge on any atom is 0.257 e. The molecule has 0 aromatic heterocycles. The molecule has 0 bridgehead atoms. The Hall–Kier alpha value is -2.49. The maximum atomic E-state index is 13.8. The number of benzene rings is 1. The summed E-state index contributed by atoms with van der Waals surface area (Å²) in [4.78, 5) is 24.5. The second kappa shape index (κ2) is 9.11. The molecule has 1 aromatic carbocycles. The van der Waals surface area contributed by atoms with E-state index in [4.69, 9.17) is 5.26 Å². The molecule has 2 N–H and O–H groups in total. The highest BCUT2D eigenvalue weighted by molar-refractivity contribution is 5.98. The third-order valence-electron chi connectivity index (χ3n) is 4.45. The number of nitrogens with zero attached hydrogens (tertiary/aromatic N) is 1. The van der Waals surface area contributed by atoms with Crippen molar-refractivity contribution in [3.8, 4) is 6.07 Å². The van der Waals surface area contributed by atoms with E-state index in [1.54, 1.807) is 6.07 Å². The number of carbonyl (C=O) groups excluding carboxylic acids is 2. The van der Waals surface area contributed by atoms with Crippen LogP contribution in [0.2, 0.25) is 0 Å². The minimum atomic E-state index is -0.980. The fourth-order valence-electron chi connectivity index (χ4n) is 3.18. The number of amides is 2. The van der Waals surface area contributed by atoms with Gasteiger partial charge >= 0.3 is 0 Å². The van der Waals surface area contributed by atoms with Gasteiger partial charge in [0.05, 0.1) is 6.07 Å². The number of hydrogen-bond donors (Lipinski definition) is 2. The summed E-state index contributed by atoms with van der Waals surface area (Å²) < 4.78 is 27.5. The van der Waals surface area contributed by atoms with Crippen LogP contribution in [0.3, 0.4) is 0 Å². The molecule has 1 atom stereocenters. The van der Waals surface area contributed by atoms with Gasteiger partial charge in [-0.15, -0.1) is 0 Å². The van der Waals surface area contributed by atoms with Crippen LogP contribution < -0.4 is 10.6 Å². The summed E-state index contributed by atoms with van der Waals surface area (Å²) >= 11 is 0. The van der Waals surface area contributed by atoms with E-state index < -0.39 is 35.1 Å². The molecule has 1 aliphatic carbocycles. The molecule has 0 heterocycles. The highest BCUT2D eigenvalue weighted by Gasteiger charge is 2.28. The summed E-state index contributed by atoms with van der Waals surface area (Å²) in [5.41, 5.74) is -0.704. The molecule has 7 heteroatoms. The van der Waals surface area contributed by atoms with Crippen molar-refractivity contribution in [3.05, 3.63) is 35.4 Å². The van der Waals surface area contributed by atoms with Gasteiger partial charge in [-0.3, -0.25) is 9.59 Å². The number of carbonyl (C=O) groups is 2. The highest BCUT2D eigenvalue weighted by atomic mass is 19.1. The molecular formula is C18H21F2N3O2. The van der Waals surface area contributed by atoms with Gasteiger partial charge < -0.3 is 10.6 Å². The summed E-state index contributed by atoms with van der Waals surface area (Å²) in [6.45, 7) is -0.191. The van der Waals surface area contributed by atoms with E-state index in [9.17, 15) is 18.4 Å². The first-order valence-electron chi connectivity index (χ1n) is 8.42. The van der Waals surface area contributed by atoms with Gasteiger partial charge in [0, 0.05) is 0 Å². The maximum absolute atomic E-state index is 13.8. The number of hydrogen-bond acceptors (Lipinski definition) is 3. The van der Waals surface area contributed by atoms with Crippen LogP contribution in [-0.4, -0.2) is 24.4 Å². The van der Waals surface area contributed by atoms with Crippen molar-refractivity contribution in [1.29, 1.82) is 5.26 Å². The number of rotatable bonds is 6. The molecule has 0 saturated heterocycles. The predicted octanol–water partition coefficient (Wildman–Crippen LogP) is 2.67. The normalized spacial score (nSPS) is 15.9. The third kappa shape index (κ3) is 5.24. The van der Waals surface area contributed by atoms with E-state index in [0.717, 1.165) is 44.2 Å². The lowest BCUT2D eigenvalue weighted by Gasteiger charge is -2.26. The molecule has 1 unspecified atom stereocenters. The van der Waals surface area contributed by atoms with Gasteiger partial charge in [0.15, 0.2) is 0 Å². The van der Waals surface area contributed by atoms with Crippen molar-refractivity contribution in [2.75, 3.05) is 6.54 Å². The highest BCUT2D eigenvalue weighted by Crippen LogP contribution is 2.27. The molecule has 1 aliphatic rings. The van der Waals surface area contributed by atoms with E-state index in [-0.39, 0.29) is 12.5 Å². The van der Waals surface area contributed by atoms with Gasteiger partial charge in [-0.2, -0.15) is 5.26 Å². The van der Waals surface area contributed by atoms with Gasteiger partial charge in [0.25, 0.3) is 5.91 Å². The van der Waals surface area contributed by atoms with Crippen LogP contribution in [0, 0.1) is 28.9 Å². The number of nitrogens with one attached hydrogen (secondary N) is 2. The van der Waals surface area contributed by atoms with Crippen LogP contribution in [0.4, 0.5) is 8.78 Å². The van der Waals surface area contributed by atoms with Gasteiger partial charge in [-0.05, 0) is 24.5 Å². The summed E-state index contributed by atoms with van der Waals surface area (Å²) in [6.07, 6.45) is 5.56. The second-order valence-corrected chi connectivity index (χ2v) is 6.24. The minimum Gasteiger partial charge on any atom is -0.341 e. The van der Waals surface area contributed by atoms with Gasteiger partial charge in [-0.1, -0.05) is 38.2 Å². The molecular weight excluding hydrogens is 328 g/mol. The van der Waals surface area contributed by atoms with E-state index in [2.05, 4.69) is 10.6 Å². The smallest absolute Gasteiger partial charge is 0.257 e. The number of halogens is 2. The lowest BCUT2D eigenvalue weighted by molar-refractivity contribution is -0.123. The topological polar surface area (TPSA) is 82.0 Å². The van der Waals surface area contributed by atoms with E-state index in [1.165, 1.54) is 6.07 Å². The first kappa shape index (κ1) is 18.8. The monoisotopic (exact) mass is 349 g/mol. The molecule has 25 heavy (non-hydrogen) atoms. The zero-order chi connectivity index (χ0) is 18.2. The predicted molar refractivity (Wildman–Crippen MR) is 87.4 cm³/mol. The van der Waals surface area contributed by atoms with E-state index >= 15 is 0 Å². The first-order valence-corrected chi connectivity index (χ1v) is 8.42. The largest absolute Gasteiger partial charge is 0.341 e. The zero-order valence-electron chi connectivity index (χ0n) is 13.9. The molecule has 1 fully saturated rings. The minimum absolute atomic E-state index is 0.191. The molecule has 1 saturated carbocycles. The van der Waals surface area contributed by atoms with Crippen LogP contribution in [0.5, 0.6) is 0 Å². The summed E-state index contributed by atoms with van der Waals surface area (Å²) in [7, 11) is 0. The Kier molecular flexibility index (Phi) is 6.87. The molecule has 2 rings (SSSR count). The molecule has 134 valence electrons. The molecule has 2 amide bonds. The Labute approximate surface area is 145 Å². The van der Waals surface area contributed by atoms with Crippen molar-refractivity contribution in [3.63, 3.8) is 0 Å². The Bertz CT molecular complexity index is 647. The van der Waals surface area contributed by atoms with E-state index in [1.807, 2.05) is 0 Å². The van der Waals surface area contributed by atoms with Crippen LogP contribution in [-0.2, 0) is 4.79 Å². The first-order chi connectivity index (χ1) is 12.0. The van der Waals surface area contributed by atoms with Crippen molar-refractivity contribution in [2.45, 2.75) is 44.6 Å². The fraction of sp³-hybridized carbons (Fsp3) is 0.500. The van der Waals surface area contributed by atoms with Gasteiger partial charge in [-0.25, -0.2) is 8.78 Å². The average Bonchev–Trinajstić information content (AvgIpc) is 2.60. The Morgan fingerprint density at radius 1 is 1.20 bits per heavy atom. The van der Waals surface area contributed by atoms with Crippen molar-refractivity contribution >= 4 is 11.8 Å². The molecule has 5 nitrogen and oxygen atoms in total. The summed E-state index contributed by atoms with van der Waals surface area (Å²) in [6, 6.07) is 4.02. The zero-order valence-corrected chi connectivity index (χ0v) is 13.9. The summed E-state index contributed by atoms with van der Waals surface area (Å²) in [5, 5.41) is 13.4. The Balaban J connectivity index is 2.12. The number of nitriles is 1. The van der Waals surface area contributed by atoms with Crippen LogP contribution in [0.15, 0.2) is 18.2 Å². The third-order valence-corrected chi connectivity index (χ3v) is 4.45. The Morgan fingerprint density at radius 2 is 1.84 bits per heavy atom. The molecule has 0 aliphatic heterocycles. The molecule has 1 aromatic rings. The van der Waals surface area contributed by atoms with Crippen LogP contribution >= 0.6 is 0 Å². The lowest BCUT2D eigenvalue weighted by Crippen LogP contribution is -2.48. The van der Waals surface area contributed by atoms with Crippen molar-refractivity contribution in [1.82, 2.24) is 10.6 Å². The van der Waals surface area contributed by atoms with Crippen molar-refractivity contribution in [2.24, 2.45) is 5.92 Å². The van der Waals surface area contributed by atoms with Crippen LogP contribution in [0.1, 0.15) is 48.9 Å². The van der Waals surface area contributed by atoms with Crippen molar-refractivity contribution < 1.29 is 18.4 Å². The lowest BCUT2D eigenvalue weighted by atomic mass is 9.84. The second-order valence-electron chi connectivity index (χ2n) is 6.24. The van der Waals surface area contributed by atoms with Gasteiger partial charge in [0.1, 0.15) is 29.8 Å². The molecule has 0 radical (unpaired) electrons. The summed E-state index contributed by atoms with van der Waals surface area (Å²) in [5.74, 6) is -3.18. The SMILES string of the molecule is N#CCNC(=O)C(CC1CCCCC1)NC(=O)c1c(F)cccc1F. The molecule has 0 spiro atoms. The van der Waals surface area contributed by atoms with Crippen LogP contribution in [0.25, 0.3) is 0 Å². The fourth-order valence-corrected chi connectivity index (χ4v) is 3.18. The quantitative estimate of drug-likeness (QED) is 0.775. The van der Waals surface area contributed by atoms with E-state index in [0.29, 0.717) is 6.42 Å². The van der Waals surface area contributed by atoms with Gasteiger partial charge in [0.2, 0.25) is 5.91 Å². The average molecular weight is 349 g/mol. The standard InChI is InChI=1S/C18H21F2N3O2/c19-13-7-4-8-14(20)16(13)18(25)23-15(17(24)22-10-9-21)11-12-5-2-1-3-6-12/h4,7-8,12,15H,1-3,5-6,10-11H2,(H,22,24)(H,23,25).